The molecule has 0 bridgehead atoms. The third kappa shape index (κ3) is 4.43. The van der Waals surface area contributed by atoms with E-state index < -0.39 is 0 Å². The van der Waals surface area contributed by atoms with E-state index in [9.17, 15) is 4.79 Å². The lowest BCUT2D eigenvalue weighted by atomic mass is 10.1. The van der Waals surface area contributed by atoms with Gasteiger partial charge in [-0.2, -0.15) is 0 Å². The van der Waals surface area contributed by atoms with Crippen LogP contribution in [0.15, 0.2) is 18.2 Å². The number of hydrogen-bond donors (Lipinski definition) is 1. The molecule has 6 heteroatoms. The molecule has 1 aromatic carbocycles. The highest BCUT2D eigenvalue weighted by Crippen LogP contribution is 2.16. The summed E-state index contributed by atoms with van der Waals surface area (Å²) in [7, 11) is 4.19. The first-order valence-corrected chi connectivity index (χ1v) is 9.55. The van der Waals surface area contributed by atoms with E-state index in [0.717, 1.165) is 55.0 Å². The second kappa shape index (κ2) is 8.18. The van der Waals surface area contributed by atoms with E-state index in [1.54, 1.807) is 0 Å². The number of fused-ring (bicyclic) bond motifs is 1. The molecular formula is C20H31N5O. The zero-order valence-electron chi connectivity index (χ0n) is 16.5. The van der Waals surface area contributed by atoms with Crippen LogP contribution in [-0.4, -0.2) is 64.5 Å². The number of imidazole rings is 1. The molecule has 1 fully saturated rings. The molecule has 0 aliphatic carbocycles. The minimum atomic E-state index is 0.128. The van der Waals surface area contributed by atoms with Crippen LogP contribution in [0.25, 0.3) is 11.0 Å². The number of rotatable bonds is 6. The summed E-state index contributed by atoms with van der Waals surface area (Å²) in [4.78, 5) is 21.6. The van der Waals surface area contributed by atoms with Gasteiger partial charge in [0.05, 0.1) is 11.0 Å². The van der Waals surface area contributed by atoms with E-state index >= 15 is 0 Å². The van der Waals surface area contributed by atoms with Gasteiger partial charge in [-0.05, 0) is 45.0 Å². The van der Waals surface area contributed by atoms with Crippen LogP contribution in [0.3, 0.4) is 0 Å². The fourth-order valence-electron chi connectivity index (χ4n) is 3.55. The predicted molar refractivity (Wildman–Crippen MR) is 105 cm³/mol. The summed E-state index contributed by atoms with van der Waals surface area (Å²) < 4.78 is 2.08. The van der Waals surface area contributed by atoms with Crippen LogP contribution < -0.4 is 5.32 Å². The predicted octanol–water partition coefficient (Wildman–Crippen LogP) is 1.91. The Morgan fingerprint density at radius 1 is 1.23 bits per heavy atom. The highest BCUT2D eigenvalue weighted by molar-refractivity contribution is 5.78. The van der Waals surface area contributed by atoms with Gasteiger partial charge >= 0.3 is 0 Å². The lowest BCUT2D eigenvalue weighted by molar-refractivity contribution is -0.121. The van der Waals surface area contributed by atoms with Gasteiger partial charge in [0.25, 0.3) is 0 Å². The van der Waals surface area contributed by atoms with Gasteiger partial charge in [0.2, 0.25) is 5.91 Å². The number of amides is 1. The lowest BCUT2D eigenvalue weighted by Gasteiger charge is -2.36. The van der Waals surface area contributed by atoms with Crippen molar-refractivity contribution in [2.24, 2.45) is 7.05 Å². The number of likely N-dealkylation sites (N-methyl/N-ethyl adjacent to an activating group) is 1. The van der Waals surface area contributed by atoms with E-state index in [2.05, 4.69) is 56.8 Å². The van der Waals surface area contributed by atoms with Crippen LogP contribution in [0, 0.1) is 6.92 Å². The molecule has 142 valence electrons. The Hall–Kier alpha value is -1.92. The Labute approximate surface area is 156 Å². The zero-order valence-corrected chi connectivity index (χ0v) is 16.5. The van der Waals surface area contributed by atoms with Gasteiger partial charge in [-0.15, -0.1) is 0 Å². The molecule has 2 aromatic rings. The van der Waals surface area contributed by atoms with Gasteiger partial charge in [0, 0.05) is 52.2 Å². The van der Waals surface area contributed by atoms with Crippen molar-refractivity contribution in [2.45, 2.75) is 39.3 Å². The fraction of sp³-hybridized carbons (Fsp3) is 0.600. The van der Waals surface area contributed by atoms with Crippen molar-refractivity contribution < 1.29 is 4.79 Å². The van der Waals surface area contributed by atoms with E-state index in [1.165, 1.54) is 0 Å². The number of aromatic nitrogens is 2. The molecule has 0 unspecified atom stereocenters. The van der Waals surface area contributed by atoms with Gasteiger partial charge in [-0.1, -0.05) is 6.07 Å². The summed E-state index contributed by atoms with van der Waals surface area (Å²) in [6.07, 6.45) is 1.49. The smallest absolute Gasteiger partial charge is 0.220 e. The Morgan fingerprint density at radius 3 is 2.69 bits per heavy atom. The molecular weight excluding hydrogens is 326 g/mol. The quantitative estimate of drug-likeness (QED) is 0.858. The minimum Gasteiger partial charge on any atom is -0.352 e. The average Bonchev–Trinajstić information content (AvgIpc) is 2.92. The van der Waals surface area contributed by atoms with Crippen LogP contribution in [0.2, 0.25) is 0 Å². The largest absolute Gasteiger partial charge is 0.352 e. The number of carbonyl (C=O) groups excluding carboxylic acids is 1. The van der Waals surface area contributed by atoms with Crippen molar-refractivity contribution in [1.82, 2.24) is 24.7 Å². The highest BCUT2D eigenvalue weighted by atomic mass is 16.1. The summed E-state index contributed by atoms with van der Waals surface area (Å²) in [6.45, 7) is 9.23. The van der Waals surface area contributed by atoms with Crippen molar-refractivity contribution in [3.05, 3.63) is 29.6 Å². The Morgan fingerprint density at radius 2 is 1.96 bits per heavy atom. The zero-order chi connectivity index (χ0) is 18.7. The van der Waals surface area contributed by atoms with E-state index in [4.69, 9.17) is 0 Å². The molecule has 0 spiro atoms. The molecule has 6 nitrogen and oxygen atoms in total. The summed E-state index contributed by atoms with van der Waals surface area (Å²) in [6, 6.07) is 6.67. The van der Waals surface area contributed by atoms with Crippen LogP contribution in [0.5, 0.6) is 0 Å². The number of benzene rings is 1. The summed E-state index contributed by atoms with van der Waals surface area (Å²) in [5.41, 5.74) is 3.20. The number of piperazine rings is 1. The van der Waals surface area contributed by atoms with Crippen molar-refractivity contribution in [3.63, 3.8) is 0 Å². The molecule has 1 aliphatic heterocycles. The number of nitrogens with zero attached hydrogens (tertiary/aromatic N) is 4. The summed E-state index contributed by atoms with van der Waals surface area (Å²) >= 11 is 0. The number of nitrogens with one attached hydrogen (secondary N) is 1. The van der Waals surface area contributed by atoms with E-state index in [1.807, 2.05) is 14.0 Å². The maximum absolute atomic E-state index is 12.2. The molecule has 26 heavy (non-hydrogen) atoms. The lowest BCUT2D eigenvalue weighted by Crippen LogP contribution is -2.48. The van der Waals surface area contributed by atoms with Crippen molar-refractivity contribution in [2.75, 3.05) is 33.2 Å². The normalized spacial score (nSPS) is 17.5. The van der Waals surface area contributed by atoms with Crippen LogP contribution >= 0.6 is 0 Å². The van der Waals surface area contributed by atoms with E-state index in [0.29, 0.717) is 19.0 Å². The number of hydrogen-bond acceptors (Lipinski definition) is 4. The maximum atomic E-state index is 12.2. The third-order valence-corrected chi connectivity index (χ3v) is 5.61. The third-order valence-electron chi connectivity index (χ3n) is 5.61. The van der Waals surface area contributed by atoms with E-state index in [-0.39, 0.29) is 5.91 Å². The standard InChI is InChI=1S/C20H31N5O/c1-15(25-11-9-23(3)10-12-25)5-8-20(26)21-14-17-6-7-19-18(13-17)22-16(2)24(19)4/h6-7,13,15H,5,8-12,14H2,1-4H3,(H,21,26)/t15-/m0/s1. The first kappa shape index (κ1) is 18.9. The van der Waals surface area contributed by atoms with Crippen molar-refractivity contribution >= 4 is 16.9 Å². The first-order chi connectivity index (χ1) is 12.4. The molecule has 2 heterocycles. The van der Waals surface area contributed by atoms with Gasteiger partial charge in [0.1, 0.15) is 5.82 Å². The first-order valence-electron chi connectivity index (χ1n) is 9.55. The second-order valence-electron chi connectivity index (χ2n) is 7.54. The Bertz CT molecular complexity index is 761. The molecule has 1 aromatic heterocycles. The monoisotopic (exact) mass is 357 g/mol. The van der Waals surface area contributed by atoms with Crippen LogP contribution in [0.4, 0.5) is 0 Å². The SMILES string of the molecule is Cc1nc2cc(CNC(=O)CC[C@H](C)N3CCN(C)CC3)ccc2n1C. The molecule has 1 N–H and O–H groups in total. The Balaban J connectivity index is 1.45. The Kier molecular flexibility index (Phi) is 5.94. The number of carbonyl (C=O) groups is 1. The fourth-order valence-corrected chi connectivity index (χ4v) is 3.55. The van der Waals surface area contributed by atoms with Gasteiger partial charge < -0.3 is 14.8 Å². The minimum absolute atomic E-state index is 0.128. The summed E-state index contributed by atoms with van der Waals surface area (Å²) in [5, 5.41) is 3.05. The van der Waals surface area contributed by atoms with Gasteiger partial charge in [-0.25, -0.2) is 4.98 Å². The second-order valence-corrected chi connectivity index (χ2v) is 7.54. The molecule has 1 amide bonds. The molecule has 1 aliphatic rings. The summed E-state index contributed by atoms with van der Waals surface area (Å²) in [5.74, 6) is 1.13. The molecule has 0 saturated carbocycles. The molecule has 0 radical (unpaired) electrons. The van der Waals surface area contributed by atoms with Crippen LogP contribution in [-0.2, 0) is 18.4 Å². The van der Waals surface area contributed by atoms with Gasteiger partial charge in [-0.3, -0.25) is 9.69 Å². The molecule has 1 saturated heterocycles. The van der Waals surface area contributed by atoms with Crippen LogP contribution in [0.1, 0.15) is 31.2 Å². The number of aryl methyl sites for hydroxylation is 2. The topological polar surface area (TPSA) is 53.4 Å². The van der Waals surface area contributed by atoms with Crippen molar-refractivity contribution in [1.29, 1.82) is 0 Å². The maximum Gasteiger partial charge on any atom is 0.220 e. The highest BCUT2D eigenvalue weighted by Gasteiger charge is 2.19. The van der Waals surface area contributed by atoms with Gasteiger partial charge in [0.15, 0.2) is 0 Å². The van der Waals surface area contributed by atoms with Crippen molar-refractivity contribution in [3.8, 4) is 0 Å². The average molecular weight is 358 g/mol. The molecule has 1 atom stereocenters. The molecule has 3 rings (SSSR count).